The molecule has 141 heavy (non-hydrogen) atoms. The fourth-order valence-electron chi connectivity index (χ4n) is 17.8. The van der Waals surface area contributed by atoms with Crippen molar-refractivity contribution in [2.75, 3.05) is 155 Å². The predicted molar refractivity (Wildman–Crippen MR) is 561 cm³/mol. The Morgan fingerprint density at radius 3 is 1.18 bits per heavy atom. The Bertz CT molecular complexity index is 5080. The molecule has 11 fully saturated rings. The quantitative estimate of drug-likeness (QED) is 0.00160. The summed E-state index contributed by atoms with van der Waals surface area (Å²) in [5, 5.41) is 35.4. The second-order valence-corrected chi connectivity index (χ2v) is 41.0. The van der Waals surface area contributed by atoms with E-state index < -0.39 is 36.9 Å². The maximum Gasteiger partial charge on any atom is 1.00 e. The first-order valence-corrected chi connectivity index (χ1v) is 52.7. The molecule has 4 aliphatic heterocycles. The third-order valence-electron chi connectivity index (χ3n) is 25.9. The Hall–Kier alpha value is -7.64. The second-order valence-electron chi connectivity index (χ2n) is 38.5. The molecule has 1 atom stereocenters. The molecule has 7 aliphatic carbocycles. The van der Waals surface area contributed by atoms with Gasteiger partial charge >= 0.3 is 63.8 Å². The third-order valence-corrected chi connectivity index (χ3v) is 27.2. The SMILES string of the molecule is CC#N.CCO.COC(=O)C1(c2ccc(N(CC(C)C)C3CCOCC3)c(N)c2)CC1.COC(=O)C1(c2ccc(N(CC(C)C)C3CCOCC3)c(N=C=S)c2)CC1.COC(=O)C1(c2ccc(N(CC(C)C)C3CCOCC3)c(NC(=S)NNC(=O)C3CC3)c2)CC1.COC(=O)C1(c2ccc(N(CC(C)C)C3CCOCC3)c(Nc3nnc(C4CC4)s3)c2)CC1.NNC(=O)C1CC1.O=S(=O)(O)O.[2H]C([3H])I.[Na+].[OH-]. The van der Waals surface area contributed by atoms with Crippen molar-refractivity contribution in [2.24, 2.45) is 46.3 Å². The summed E-state index contributed by atoms with van der Waals surface area (Å²) in [6.45, 7) is 31.2. The van der Waals surface area contributed by atoms with Crippen molar-refractivity contribution in [2.45, 2.75) is 262 Å². The molecule has 1 aromatic heterocycles. The van der Waals surface area contributed by atoms with Crippen LogP contribution in [0.5, 0.6) is 0 Å². The van der Waals surface area contributed by atoms with Gasteiger partial charge in [-0.2, -0.15) is 18.7 Å². The van der Waals surface area contributed by atoms with Crippen LogP contribution in [0.2, 0.25) is 0 Å². The van der Waals surface area contributed by atoms with E-state index in [4.69, 9.17) is 105 Å². The fraction of sp³-hybridized carbons (Fsp3) is 0.650. The molecule has 11 aliphatic rings. The molecule has 2 amide bonds. The van der Waals surface area contributed by atoms with Crippen LogP contribution in [-0.2, 0) is 98.7 Å². The van der Waals surface area contributed by atoms with Gasteiger partial charge in [0.05, 0.1) is 107 Å². The Kier molecular flexibility index (Phi) is 49.8. The average molecular weight is 2160 g/mol. The Morgan fingerprint density at radius 1 is 0.567 bits per heavy atom. The van der Waals surface area contributed by atoms with E-state index in [9.17, 15) is 28.8 Å². The average Bonchev–Trinajstić information content (AvgIpc) is 1.60. The maximum atomic E-state index is 12.6. The van der Waals surface area contributed by atoms with Crippen molar-refractivity contribution in [3.05, 3.63) is 100 Å². The van der Waals surface area contributed by atoms with Gasteiger partial charge in [-0.1, -0.05) is 114 Å². The summed E-state index contributed by atoms with van der Waals surface area (Å²) in [6.07, 6.45) is 20.8. The molecular weight excluding hydrogens is 2010 g/mol. The number of aromatic nitrogens is 2. The van der Waals surface area contributed by atoms with Gasteiger partial charge in [-0.25, -0.2) is 5.84 Å². The molecule has 5 heterocycles. The number of nitrogens with two attached hydrogens (primary N) is 2. The van der Waals surface area contributed by atoms with Crippen molar-refractivity contribution in [3.8, 4) is 6.07 Å². The Morgan fingerprint density at radius 2 is 0.872 bits per heavy atom. The van der Waals surface area contributed by atoms with Crippen LogP contribution in [0.1, 0.15) is 246 Å². The van der Waals surface area contributed by atoms with E-state index in [1.165, 1.54) is 48.2 Å². The number of alkyl halides is 1. The van der Waals surface area contributed by atoms with Crippen LogP contribution in [0.25, 0.3) is 0 Å². The van der Waals surface area contributed by atoms with Crippen LogP contribution in [0.4, 0.5) is 50.6 Å². The molecule has 41 heteroatoms. The predicted octanol–water partition coefficient (Wildman–Crippen LogP) is 12.8. The van der Waals surface area contributed by atoms with E-state index in [1.807, 2.05) is 30.3 Å². The number of hydrazine groups is 2. The molecule has 5 aromatic rings. The van der Waals surface area contributed by atoms with Crippen molar-refractivity contribution >= 4 is 165 Å². The summed E-state index contributed by atoms with van der Waals surface area (Å²) in [6, 6.07) is 28.3. The molecule has 0 spiro atoms. The van der Waals surface area contributed by atoms with Crippen LogP contribution in [-0.4, -0.2) is 227 Å². The van der Waals surface area contributed by atoms with E-state index in [0.29, 0.717) is 58.9 Å². The number of hydrogen-bond acceptors (Lipinski definition) is 32. The van der Waals surface area contributed by atoms with Crippen LogP contribution < -0.4 is 87.6 Å². The number of rotatable bonds is 31. The number of nitrogens with one attached hydrogen (secondary N) is 5. The number of nitrogens with zero attached hydrogens (tertiary/aromatic N) is 8. The first-order valence-electron chi connectivity index (χ1n) is 49.6. The summed E-state index contributed by atoms with van der Waals surface area (Å²) in [5.74, 6) is 7.05. The first kappa shape index (κ1) is 119. The molecule has 16 rings (SSSR count). The Balaban J connectivity index is 0.000000272. The van der Waals surface area contributed by atoms with Gasteiger partial charge in [0.25, 0.3) is 0 Å². The normalized spacial score (nSPS) is 18.4. The zero-order chi connectivity index (χ0) is 104. The summed E-state index contributed by atoms with van der Waals surface area (Å²) in [4.78, 5) is 85.4. The zero-order valence-corrected chi connectivity index (χ0v) is 92.1. The standard InChI is InChI=1S/C25H36N4O4S.C25H34N4O3S.C21H28N2O3S.C20H30N2O3.C4H8N2O.C2H3N.C2H6O.CH3I.Na.H2O4S.H2O/c1-16(2)15-29(19-8-12-33-13-9-19)21-7-6-18(25(10-11-25)23(31)32-3)14-20(21)26-24(34)28-27-22(30)17-4-5-17;1-16(2)15-29(19-8-12-32-13-9-19)21-7-6-18(25(10-11-25)23(30)31-3)14-20(21)26-24-28-27-22(33-24)17-4-5-17;1-15(2)13-23(17-6-10-26-11-7-17)19-5-4-16(12-18(19)22-14-27)21(8-9-21)20(24)25-3;1-14(2)13-22(16-6-10-25-11-7-16)18-5-4-15(12-17(18)21)20(8-9-20)19(23)24-3;5-6-4(7)3-1-2-3;2*1-2-3;1-2;;1-5(2,3)4;/h6-7,14,16-17,19H,4-5,8-13,15H2,1-3H3,(H,27,30)(H2,26,28,34);6-7,14,16-17,19H,4-5,8-13,15H2,1-3H3,(H,26,28);4-5,12,15,17H,6-11,13H2,1-3H3;4-5,12,14,16H,6-11,13,21H2,1-3H3;3H,1-2,5H2,(H,6,7);1H3;3H,2H2,1H3;1H3;;(H2,1,2,3,4);1H2/q;;;;;;;;+1;;/p-1/i;;;;;;;1TD;;;. The molecule has 0 radical (unpaired) electrons. The van der Waals surface area contributed by atoms with E-state index in [0.717, 1.165) is 285 Å². The van der Waals surface area contributed by atoms with Gasteiger partial charge in [0.15, 0.2) is 5.11 Å². The van der Waals surface area contributed by atoms with Gasteiger partial charge in [0.1, 0.15) is 5.01 Å². The molecular formula is C100H151IN15NaO20S4. The minimum atomic E-state index is -4.67. The number of amides is 2. The van der Waals surface area contributed by atoms with Crippen LogP contribution in [0.15, 0.2) is 77.8 Å². The Labute approximate surface area is 886 Å². The summed E-state index contributed by atoms with van der Waals surface area (Å²) in [5.41, 5.74) is 23.5. The number of carbonyl (C=O) groups excluding carboxylic acids is 6. The summed E-state index contributed by atoms with van der Waals surface area (Å²) < 4.78 is 86.7. The minimum absolute atomic E-state index is 0. The van der Waals surface area contributed by atoms with Crippen LogP contribution >= 0.6 is 58.4 Å². The van der Waals surface area contributed by atoms with Gasteiger partial charge in [-0.05, 0) is 272 Å². The number of hydrogen-bond donors (Lipinski definition) is 10. The molecule has 7 saturated carbocycles. The number of nitriles is 1. The number of nitrogen functional groups attached to an aromatic ring is 1. The van der Waals surface area contributed by atoms with Crippen molar-refractivity contribution < 1.29 is 127 Å². The minimum Gasteiger partial charge on any atom is -0.870 e. The van der Waals surface area contributed by atoms with Crippen LogP contribution in [0, 0.1) is 46.8 Å². The van der Waals surface area contributed by atoms with Crippen molar-refractivity contribution in [1.82, 2.24) is 26.5 Å². The van der Waals surface area contributed by atoms with E-state index in [-0.39, 0.29) is 89.2 Å². The number of anilines is 8. The monoisotopic (exact) mass is 2160 g/mol. The van der Waals surface area contributed by atoms with Crippen LogP contribution in [0.3, 0.4) is 0 Å². The molecule has 4 saturated heterocycles. The molecule has 778 valence electrons. The fourth-order valence-corrected chi connectivity index (χ4v) is 19.0. The number of esters is 4. The number of aliphatic hydroxyl groups is 1. The number of carbonyl (C=O) groups is 6. The van der Waals surface area contributed by atoms with Crippen molar-refractivity contribution in [1.29, 1.82) is 5.26 Å². The molecule has 0 bridgehead atoms. The number of aliphatic imine (C=N–C) groups is 1. The maximum absolute atomic E-state index is 12.6. The zero-order valence-electron chi connectivity index (χ0n) is 86.7. The molecule has 1 unspecified atom stereocenters. The number of benzene rings is 4. The summed E-state index contributed by atoms with van der Waals surface area (Å²) >= 11 is 13.7. The second kappa shape index (κ2) is 59.2. The number of aliphatic hydroxyl groups excluding tert-OH is 1. The molecule has 35 nitrogen and oxygen atoms in total. The topological polar surface area (TPSA) is 488 Å². The summed E-state index contributed by atoms with van der Waals surface area (Å²) in [7, 11) is 1.15. The van der Waals surface area contributed by atoms with Gasteiger partial charge in [0, 0.05) is 137 Å². The molecule has 4 aromatic carbocycles. The van der Waals surface area contributed by atoms with Gasteiger partial charge in [0.2, 0.25) is 16.9 Å². The molecule has 13 N–H and O–H groups in total. The number of halogens is 1. The van der Waals surface area contributed by atoms with Crippen molar-refractivity contribution in [3.63, 3.8) is 0 Å². The third kappa shape index (κ3) is 36.5. The number of isothiocyanates is 1. The first-order chi connectivity index (χ1) is 67.2. The smallest absolute Gasteiger partial charge is 0.870 e. The van der Waals surface area contributed by atoms with Gasteiger partial charge in [-0.15, -0.1) is 10.2 Å². The van der Waals surface area contributed by atoms with Gasteiger partial charge < -0.3 is 84.4 Å². The van der Waals surface area contributed by atoms with E-state index in [1.54, 1.807) is 46.9 Å². The number of methoxy groups -OCH3 is 4. The number of ether oxygens (including phenoxy) is 8. The van der Waals surface area contributed by atoms with E-state index in [2.05, 4.69) is 165 Å². The van der Waals surface area contributed by atoms with Gasteiger partial charge in [-0.3, -0.25) is 54.2 Å². The number of thiocarbonyl (C=S) groups is 2. The van der Waals surface area contributed by atoms with E-state index >= 15 is 0 Å². The largest absolute Gasteiger partial charge is 1.00 e.